The lowest BCUT2D eigenvalue weighted by Crippen LogP contribution is -2.59. The maximum atomic E-state index is 13.6. The topological polar surface area (TPSA) is 154 Å². The summed E-state index contributed by atoms with van der Waals surface area (Å²) in [6.07, 6.45) is -1.17. The molecule has 4 rings (SSSR count). The van der Waals surface area contributed by atoms with Gasteiger partial charge in [0.05, 0.1) is 12.7 Å². The molecule has 30 heavy (non-hydrogen) atoms. The monoisotopic (exact) mass is 411 g/mol. The molecule has 3 unspecified atom stereocenters. The first-order chi connectivity index (χ1) is 14.3. The number of carbonyl (C=O) groups is 3. The first kappa shape index (κ1) is 19.5. The van der Waals surface area contributed by atoms with Crippen LogP contribution in [0.1, 0.15) is 24.0 Å². The second-order valence-corrected chi connectivity index (χ2v) is 7.49. The molecule has 154 valence electrons. The van der Waals surface area contributed by atoms with Crippen molar-refractivity contribution in [2.24, 2.45) is 11.8 Å². The number of hydrogen-bond acceptors (Lipinski definition) is 9. The fraction of sp³-hybridized carbons (Fsp3) is 0.333. The standard InChI is InChI=1S/C21H17NO8/c1-29-20(28)30-21-11(7-14(24)12(8-22)18(21)26)6-10-5-9-3-2-4-13(23)15(9)17(25)16(10)19(21)27/h2-4,10-11,23,25-26H,5-7H2,1H3. The number of allylic oxidation sites excluding steroid dienone is 1. The number of ether oxygens (including phenoxy) is 2. The van der Waals surface area contributed by atoms with Crippen LogP contribution in [-0.2, 0) is 25.5 Å². The van der Waals surface area contributed by atoms with Gasteiger partial charge in [-0.05, 0) is 30.4 Å². The van der Waals surface area contributed by atoms with Gasteiger partial charge in [0.25, 0.3) is 0 Å². The Morgan fingerprint density at radius 1 is 1.23 bits per heavy atom. The van der Waals surface area contributed by atoms with E-state index in [2.05, 4.69) is 4.74 Å². The molecule has 0 aliphatic heterocycles. The summed E-state index contributed by atoms with van der Waals surface area (Å²) in [5.41, 5.74) is -2.48. The van der Waals surface area contributed by atoms with Crippen molar-refractivity contribution in [3.05, 3.63) is 46.2 Å². The minimum absolute atomic E-state index is 0.0830. The van der Waals surface area contributed by atoms with Crippen LogP contribution in [0.3, 0.4) is 0 Å². The molecule has 0 bridgehead atoms. The van der Waals surface area contributed by atoms with Crippen LogP contribution < -0.4 is 0 Å². The highest BCUT2D eigenvalue weighted by Gasteiger charge is 2.63. The van der Waals surface area contributed by atoms with E-state index in [1.165, 1.54) is 6.07 Å². The van der Waals surface area contributed by atoms with Crippen LogP contribution in [0.25, 0.3) is 5.76 Å². The van der Waals surface area contributed by atoms with Crippen LogP contribution in [0, 0.1) is 23.2 Å². The molecule has 1 saturated carbocycles. The Balaban J connectivity index is 1.98. The van der Waals surface area contributed by atoms with Crippen molar-refractivity contribution in [2.75, 3.05) is 7.11 Å². The average Bonchev–Trinajstić information content (AvgIpc) is 2.70. The molecular formula is C21H17NO8. The van der Waals surface area contributed by atoms with E-state index >= 15 is 0 Å². The summed E-state index contributed by atoms with van der Waals surface area (Å²) in [6, 6.07) is 6.23. The van der Waals surface area contributed by atoms with Crippen molar-refractivity contribution in [3.63, 3.8) is 0 Å². The van der Waals surface area contributed by atoms with Crippen LogP contribution in [0.4, 0.5) is 4.79 Å². The van der Waals surface area contributed by atoms with Crippen molar-refractivity contribution in [1.29, 1.82) is 5.26 Å². The van der Waals surface area contributed by atoms with Crippen molar-refractivity contribution in [2.45, 2.75) is 24.9 Å². The third-order valence-corrected chi connectivity index (χ3v) is 6.04. The average molecular weight is 411 g/mol. The van der Waals surface area contributed by atoms with Gasteiger partial charge in [-0.2, -0.15) is 5.26 Å². The lowest BCUT2D eigenvalue weighted by molar-refractivity contribution is -0.151. The van der Waals surface area contributed by atoms with E-state index in [1.807, 2.05) is 0 Å². The molecule has 0 saturated heterocycles. The summed E-state index contributed by atoms with van der Waals surface area (Å²) in [7, 11) is 1.01. The van der Waals surface area contributed by atoms with E-state index in [0.29, 0.717) is 12.0 Å². The van der Waals surface area contributed by atoms with Crippen molar-refractivity contribution >= 4 is 23.5 Å². The maximum Gasteiger partial charge on any atom is 0.509 e. The van der Waals surface area contributed by atoms with Crippen LogP contribution in [0.5, 0.6) is 5.75 Å². The quantitative estimate of drug-likeness (QED) is 0.590. The van der Waals surface area contributed by atoms with Gasteiger partial charge in [-0.25, -0.2) is 4.79 Å². The number of nitrogens with zero attached hydrogens (tertiary/aromatic N) is 1. The number of benzene rings is 1. The molecule has 9 heteroatoms. The fourth-order valence-electron chi connectivity index (χ4n) is 4.75. The lowest BCUT2D eigenvalue weighted by atomic mass is 9.59. The lowest BCUT2D eigenvalue weighted by Gasteiger charge is -2.47. The zero-order valence-corrected chi connectivity index (χ0v) is 15.8. The highest BCUT2D eigenvalue weighted by Crippen LogP contribution is 2.53. The number of aromatic hydroxyl groups is 1. The first-order valence-electron chi connectivity index (χ1n) is 9.19. The first-order valence-corrected chi connectivity index (χ1v) is 9.19. The van der Waals surface area contributed by atoms with Gasteiger partial charge in [0, 0.05) is 17.9 Å². The molecule has 1 aromatic carbocycles. The highest BCUT2D eigenvalue weighted by molar-refractivity contribution is 6.14. The molecule has 3 N–H and O–H groups in total. The van der Waals surface area contributed by atoms with Crippen LogP contribution in [-0.4, -0.2) is 45.8 Å². The van der Waals surface area contributed by atoms with E-state index in [9.17, 15) is 35.0 Å². The second-order valence-electron chi connectivity index (χ2n) is 7.49. The van der Waals surface area contributed by atoms with E-state index in [4.69, 9.17) is 4.74 Å². The zero-order valence-electron chi connectivity index (χ0n) is 15.8. The number of aliphatic hydroxyl groups excluding tert-OH is 2. The number of phenols is 1. The van der Waals surface area contributed by atoms with Gasteiger partial charge in [-0.1, -0.05) is 12.1 Å². The summed E-state index contributed by atoms with van der Waals surface area (Å²) in [4.78, 5) is 37.9. The molecule has 0 heterocycles. The van der Waals surface area contributed by atoms with E-state index < -0.39 is 52.3 Å². The Labute approximate surface area is 170 Å². The van der Waals surface area contributed by atoms with Crippen molar-refractivity contribution < 1.29 is 39.2 Å². The second kappa shape index (κ2) is 6.62. The molecule has 3 atom stereocenters. The van der Waals surface area contributed by atoms with E-state index in [0.717, 1.165) is 7.11 Å². The van der Waals surface area contributed by atoms with Gasteiger partial charge in [0.1, 0.15) is 23.2 Å². The third kappa shape index (κ3) is 2.43. The Morgan fingerprint density at radius 2 is 1.97 bits per heavy atom. The largest absolute Gasteiger partial charge is 0.509 e. The predicted octanol–water partition coefficient (Wildman–Crippen LogP) is 2.25. The molecule has 1 aromatic rings. The van der Waals surface area contributed by atoms with Gasteiger partial charge in [-0.15, -0.1) is 0 Å². The number of nitriles is 1. The Bertz CT molecular complexity index is 1110. The Morgan fingerprint density at radius 3 is 2.63 bits per heavy atom. The summed E-state index contributed by atoms with van der Waals surface area (Å²) in [5, 5.41) is 41.1. The molecule has 0 radical (unpaired) electrons. The molecule has 1 fully saturated rings. The minimum atomic E-state index is -2.37. The Kier molecular flexibility index (Phi) is 4.31. The van der Waals surface area contributed by atoms with Gasteiger partial charge in [-0.3, -0.25) is 9.59 Å². The third-order valence-electron chi connectivity index (χ3n) is 6.04. The fourth-order valence-corrected chi connectivity index (χ4v) is 4.75. The number of aliphatic hydroxyl groups is 2. The normalized spacial score (nSPS) is 27.6. The van der Waals surface area contributed by atoms with Crippen molar-refractivity contribution in [3.8, 4) is 11.8 Å². The molecule has 3 aliphatic rings. The number of Topliss-reactive ketones (excluding diaryl/α,β-unsaturated/α-hetero) is 2. The number of carbonyl (C=O) groups excluding carboxylic acids is 3. The number of ketones is 2. The summed E-state index contributed by atoms with van der Waals surface area (Å²) >= 11 is 0. The van der Waals surface area contributed by atoms with Crippen LogP contribution in [0.15, 0.2) is 35.1 Å². The Hall–Kier alpha value is -3.80. The van der Waals surface area contributed by atoms with Crippen LogP contribution >= 0.6 is 0 Å². The van der Waals surface area contributed by atoms with Crippen LogP contribution in [0.2, 0.25) is 0 Å². The number of methoxy groups -OCH3 is 1. The van der Waals surface area contributed by atoms with E-state index in [1.54, 1.807) is 18.2 Å². The van der Waals surface area contributed by atoms with Gasteiger partial charge >= 0.3 is 6.16 Å². The van der Waals surface area contributed by atoms with Gasteiger partial charge < -0.3 is 24.8 Å². The maximum absolute atomic E-state index is 13.6. The number of fused-ring (bicyclic) bond motifs is 3. The molecule has 9 nitrogen and oxygen atoms in total. The smallest absolute Gasteiger partial charge is 0.507 e. The SMILES string of the molecule is COC(=O)OC12C(=O)C3=C(O)c4c(O)cccc4CC3CC1CC(=O)C(C#N)=C2O. The highest BCUT2D eigenvalue weighted by atomic mass is 16.7. The summed E-state index contributed by atoms with van der Waals surface area (Å²) in [5.74, 6) is -4.78. The van der Waals surface area contributed by atoms with Crippen molar-refractivity contribution in [1.82, 2.24) is 0 Å². The predicted molar refractivity (Wildman–Crippen MR) is 99.1 cm³/mol. The molecule has 0 amide bonds. The zero-order chi connectivity index (χ0) is 21.8. The van der Waals surface area contributed by atoms with E-state index in [-0.39, 0.29) is 29.7 Å². The summed E-state index contributed by atoms with van der Waals surface area (Å²) < 4.78 is 9.72. The summed E-state index contributed by atoms with van der Waals surface area (Å²) in [6.45, 7) is 0. The molecule has 0 spiro atoms. The molecule has 3 aliphatic carbocycles. The van der Waals surface area contributed by atoms with Gasteiger partial charge in [0.15, 0.2) is 11.5 Å². The minimum Gasteiger partial charge on any atom is -0.507 e. The number of hydrogen-bond donors (Lipinski definition) is 3. The number of phenolic OH excluding ortho intramolecular Hbond substituents is 1. The number of rotatable bonds is 1. The molecular weight excluding hydrogens is 394 g/mol. The molecule has 0 aromatic heterocycles. The van der Waals surface area contributed by atoms with Gasteiger partial charge in [0.2, 0.25) is 11.4 Å².